The van der Waals surface area contributed by atoms with Gasteiger partial charge in [-0.05, 0) is 50.1 Å². The SMILES string of the molecule is CCCCCCCCCCCC([O-])=NCCCC[C@H](NC(=O)c1ccccc1)C(=O)O.[Na+]. The monoisotopic (exact) mass is 454 g/mol. The summed E-state index contributed by atoms with van der Waals surface area (Å²) in [6.45, 7) is 2.64. The molecule has 2 N–H and O–H groups in total. The van der Waals surface area contributed by atoms with Crippen LogP contribution in [0.2, 0.25) is 0 Å². The molecule has 1 amide bonds. The van der Waals surface area contributed by atoms with Crippen LogP contribution in [0.3, 0.4) is 0 Å². The van der Waals surface area contributed by atoms with Gasteiger partial charge in [0.2, 0.25) is 0 Å². The Kier molecular flexibility index (Phi) is 19.4. The van der Waals surface area contributed by atoms with Crippen LogP contribution in [0.25, 0.3) is 0 Å². The number of carboxylic acids is 1. The fourth-order valence-corrected chi connectivity index (χ4v) is 3.42. The molecule has 6 nitrogen and oxygen atoms in total. The van der Waals surface area contributed by atoms with Crippen LogP contribution in [0.15, 0.2) is 35.3 Å². The molecular formula is C25H39N2NaO4. The van der Waals surface area contributed by atoms with Crippen molar-refractivity contribution in [1.82, 2.24) is 5.32 Å². The van der Waals surface area contributed by atoms with Crippen LogP contribution in [0.1, 0.15) is 101 Å². The second kappa shape index (κ2) is 20.3. The summed E-state index contributed by atoms with van der Waals surface area (Å²) < 4.78 is 0. The van der Waals surface area contributed by atoms with Gasteiger partial charge in [0.15, 0.2) is 0 Å². The number of hydrogen-bond acceptors (Lipinski definition) is 4. The molecule has 0 heterocycles. The zero-order valence-electron chi connectivity index (χ0n) is 20.0. The molecule has 1 atom stereocenters. The summed E-state index contributed by atoms with van der Waals surface area (Å²) in [7, 11) is 0. The molecule has 0 aliphatic carbocycles. The van der Waals surface area contributed by atoms with Gasteiger partial charge in [-0.2, -0.15) is 0 Å². The summed E-state index contributed by atoms with van der Waals surface area (Å²) in [5.74, 6) is -1.51. The quantitative estimate of drug-likeness (QED) is 0.153. The van der Waals surface area contributed by atoms with Gasteiger partial charge in [0.05, 0.1) is 0 Å². The van der Waals surface area contributed by atoms with Gasteiger partial charge in [-0.1, -0.05) is 76.5 Å². The summed E-state index contributed by atoms with van der Waals surface area (Å²) in [6.07, 6.45) is 13.0. The average molecular weight is 455 g/mol. The third-order valence-corrected chi connectivity index (χ3v) is 5.32. The number of aliphatic imine (C=N–C) groups is 1. The van der Waals surface area contributed by atoms with E-state index in [1.165, 1.54) is 44.9 Å². The van der Waals surface area contributed by atoms with E-state index in [9.17, 15) is 19.8 Å². The summed E-state index contributed by atoms with van der Waals surface area (Å²) >= 11 is 0. The number of carbonyl (C=O) groups is 2. The summed E-state index contributed by atoms with van der Waals surface area (Å²) in [4.78, 5) is 27.6. The van der Waals surface area contributed by atoms with Crippen molar-refractivity contribution in [2.45, 2.75) is 96.4 Å². The molecule has 0 unspecified atom stereocenters. The standard InChI is InChI=1S/C25H40N2O4.Na/c1-2-3-4-5-6-7-8-9-13-19-23(28)26-20-15-14-18-22(25(30)31)27-24(29)21-16-11-10-12-17-21;/h10-12,16-17,22H,2-9,13-15,18-20H2,1H3,(H,26,28)(H,27,29)(H,30,31);/q;+1/p-1/t22-;/m0./s1. The second-order valence-electron chi connectivity index (χ2n) is 8.08. The van der Waals surface area contributed by atoms with Crippen LogP contribution >= 0.6 is 0 Å². The first-order valence-corrected chi connectivity index (χ1v) is 11.8. The Morgan fingerprint density at radius 3 is 2.12 bits per heavy atom. The molecule has 0 aliphatic rings. The molecule has 0 spiro atoms. The number of nitrogens with zero attached hydrogens (tertiary/aromatic N) is 1. The third-order valence-electron chi connectivity index (χ3n) is 5.32. The van der Waals surface area contributed by atoms with E-state index in [1.807, 2.05) is 0 Å². The molecule has 0 bridgehead atoms. The third kappa shape index (κ3) is 15.4. The van der Waals surface area contributed by atoms with Gasteiger partial charge in [-0.25, -0.2) is 4.79 Å². The zero-order chi connectivity index (χ0) is 22.7. The maximum Gasteiger partial charge on any atom is 1.00 e. The molecule has 1 rings (SSSR count). The van der Waals surface area contributed by atoms with Crippen molar-refractivity contribution >= 4 is 17.8 Å². The normalized spacial score (nSPS) is 12.1. The average Bonchev–Trinajstić information content (AvgIpc) is 2.77. The van der Waals surface area contributed by atoms with E-state index in [-0.39, 0.29) is 35.5 Å². The number of aliphatic carboxylic acids is 1. The van der Waals surface area contributed by atoms with Crippen molar-refractivity contribution in [2.24, 2.45) is 4.99 Å². The minimum absolute atomic E-state index is 0. The van der Waals surface area contributed by atoms with E-state index < -0.39 is 17.9 Å². The predicted octanol–water partition coefficient (Wildman–Crippen LogP) is 1.72. The van der Waals surface area contributed by atoms with Gasteiger partial charge in [-0.15, -0.1) is 0 Å². The van der Waals surface area contributed by atoms with Crippen molar-refractivity contribution in [1.29, 1.82) is 0 Å². The summed E-state index contributed by atoms with van der Waals surface area (Å²) in [5, 5.41) is 23.7. The largest absolute Gasteiger partial charge is 1.00 e. The van der Waals surface area contributed by atoms with E-state index in [0.29, 0.717) is 37.8 Å². The maximum atomic E-state index is 12.1. The Bertz CT molecular complexity index is 653. The molecule has 0 radical (unpaired) electrons. The van der Waals surface area contributed by atoms with Crippen LogP contribution in [0.5, 0.6) is 0 Å². The Morgan fingerprint density at radius 1 is 0.938 bits per heavy atom. The van der Waals surface area contributed by atoms with Crippen LogP contribution in [0, 0.1) is 0 Å². The number of hydrogen-bond donors (Lipinski definition) is 2. The van der Waals surface area contributed by atoms with E-state index in [2.05, 4.69) is 17.2 Å². The first-order valence-electron chi connectivity index (χ1n) is 11.8. The van der Waals surface area contributed by atoms with E-state index >= 15 is 0 Å². The van der Waals surface area contributed by atoms with Gasteiger partial charge >= 0.3 is 35.5 Å². The molecule has 7 heteroatoms. The molecule has 0 saturated carbocycles. The van der Waals surface area contributed by atoms with Crippen molar-refractivity contribution in [3.63, 3.8) is 0 Å². The van der Waals surface area contributed by atoms with Gasteiger partial charge in [-0.3, -0.25) is 4.79 Å². The second-order valence-corrected chi connectivity index (χ2v) is 8.08. The number of rotatable bonds is 18. The first-order chi connectivity index (χ1) is 15.0. The maximum absolute atomic E-state index is 12.1. The summed E-state index contributed by atoms with van der Waals surface area (Å²) in [6, 6.07) is 7.62. The van der Waals surface area contributed by atoms with Crippen molar-refractivity contribution in [2.75, 3.05) is 6.54 Å². The van der Waals surface area contributed by atoms with Crippen LogP contribution < -0.4 is 40.0 Å². The molecule has 0 saturated heterocycles. The van der Waals surface area contributed by atoms with Gasteiger partial charge < -0.3 is 20.5 Å². The smallest absolute Gasteiger partial charge is 0.862 e. The molecule has 0 aliphatic heterocycles. The molecule has 1 aromatic rings. The molecule has 1 aromatic carbocycles. The van der Waals surface area contributed by atoms with Gasteiger partial charge in [0.25, 0.3) is 5.91 Å². The zero-order valence-corrected chi connectivity index (χ0v) is 22.0. The van der Waals surface area contributed by atoms with E-state index in [0.717, 1.165) is 12.8 Å². The predicted molar refractivity (Wildman–Crippen MR) is 123 cm³/mol. The summed E-state index contributed by atoms with van der Waals surface area (Å²) in [5.41, 5.74) is 0.436. The first kappa shape index (κ1) is 30.6. The molecular weight excluding hydrogens is 415 g/mol. The number of benzene rings is 1. The molecule has 32 heavy (non-hydrogen) atoms. The van der Waals surface area contributed by atoms with Gasteiger partial charge in [0.1, 0.15) is 6.04 Å². The molecule has 0 aromatic heterocycles. The van der Waals surface area contributed by atoms with Crippen LogP contribution in [0.4, 0.5) is 0 Å². The number of amides is 1. The fraction of sp³-hybridized carbons (Fsp3) is 0.640. The van der Waals surface area contributed by atoms with Crippen LogP contribution in [-0.4, -0.2) is 35.5 Å². The van der Waals surface area contributed by atoms with Crippen molar-refractivity contribution in [3.05, 3.63) is 35.9 Å². The number of nitrogens with one attached hydrogen (secondary N) is 1. The Labute approximate surface area is 215 Å². The van der Waals surface area contributed by atoms with Crippen molar-refractivity contribution in [3.8, 4) is 0 Å². The minimum atomic E-state index is -1.05. The Morgan fingerprint density at radius 2 is 1.53 bits per heavy atom. The minimum Gasteiger partial charge on any atom is -0.862 e. The van der Waals surface area contributed by atoms with E-state index in [1.54, 1.807) is 30.3 Å². The van der Waals surface area contributed by atoms with Gasteiger partial charge in [0, 0.05) is 12.1 Å². The fourth-order valence-electron chi connectivity index (χ4n) is 3.42. The number of carboxylic acid groups (broad SMARTS) is 1. The number of carbonyl (C=O) groups excluding carboxylic acids is 1. The van der Waals surface area contributed by atoms with Crippen molar-refractivity contribution < 1.29 is 49.4 Å². The topological polar surface area (TPSA) is 102 Å². The Balaban J connectivity index is 0.00000961. The Hall–Kier alpha value is -1.37. The van der Waals surface area contributed by atoms with E-state index in [4.69, 9.17) is 0 Å². The number of unbranched alkanes of at least 4 members (excludes halogenated alkanes) is 9. The molecule has 0 fully saturated rings. The molecule has 174 valence electrons. The van der Waals surface area contributed by atoms with Crippen LogP contribution in [-0.2, 0) is 4.79 Å².